The molecule has 0 saturated carbocycles. The molecule has 1 amide bonds. The van der Waals surface area contributed by atoms with Gasteiger partial charge in [0.2, 0.25) is 5.91 Å². The first-order chi connectivity index (χ1) is 8.61. The molecule has 1 rings (SSSR count). The van der Waals surface area contributed by atoms with E-state index in [-0.39, 0.29) is 18.9 Å². The monoisotopic (exact) mass is 258 g/mol. The van der Waals surface area contributed by atoms with Crippen LogP contribution in [0.5, 0.6) is 0 Å². The summed E-state index contributed by atoms with van der Waals surface area (Å²) in [7, 11) is 1.45. The summed E-state index contributed by atoms with van der Waals surface area (Å²) >= 11 is 0. The lowest BCUT2D eigenvalue weighted by atomic mass is 9.96. The number of hydrogen-bond acceptors (Lipinski definition) is 4. The number of methoxy groups -OCH3 is 1. The van der Waals surface area contributed by atoms with E-state index in [9.17, 15) is 9.59 Å². The standard InChI is InChI=1S/C12H22N2O4/c1-18-10(6-12(16)17)8-14-11(15)5-9-3-2-4-13-7-9/h9-10,13H,2-8H2,1H3,(H,14,15)(H,16,17). The topological polar surface area (TPSA) is 87.7 Å². The first kappa shape index (κ1) is 14.9. The molecule has 6 heteroatoms. The lowest BCUT2D eigenvalue weighted by Crippen LogP contribution is -2.37. The number of amides is 1. The van der Waals surface area contributed by atoms with Crippen molar-refractivity contribution in [2.45, 2.75) is 31.8 Å². The molecule has 2 unspecified atom stereocenters. The average molecular weight is 258 g/mol. The predicted molar refractivity (Wildman–Crippen MR) is 66.3 cm³/mol. The number of piperidine rings is 1. The molecule has 104 valence electrons. The van der Waals surface area contributed by atoms with Crippen LogP contribution in [-0.2, 0) is 14.3 Å². The van der Waals surface area contributed by atoms with Gasteiger partial charge in [0.1, 0.15) is 0 Å². The van der Waals surface area contributed by atoms with Crippen LogP contribution < -0.4 is 10.6 Å². The van der Waals surface area contributed by atoms with Crippen molar-refractivity contribution < 1.29 is 19.4 Å². The number of nitrogens with one attached hydrogen (secondary N) is 2. The van der Waals surface area contributed by atoms with Crippen molar-refractivity contribution in [2.24, 2.45) is 5.92 Å². The first-order valence-corrected chi connectivity index (χ1v) is 6.33. The Morgan fingerprint density at radius 2 is 2.33 bits per heavy atom. The van der Waals surface area contributed by atoms with Crippen LogP contribution in [-0.4, -0.2) is 49.8 Å². The van der Waals surface area contributed by atoms with Crippen molar-refractivity contribution in [3.8, 4) is 0 Å². The van der Waals surface area contributed by atoms with Gasteiger partial charge in [-0.2, -0.15) is 0 Å². The maximum absolute atomic E-state index is 11.7. The van der Waals surface area contributed by atoms with E-state index in [1.165, 1.54) is 7.11 Å². The van der Waals surface area contributed by atoms with Crippen molar-refractivity contribution in [3.63, 3.8) is 0 Å². The zero-order valence-corrected chi connectivity index (χ0v) is 10.8. The molecule has 0 aromatic carbocycles. The molecule has 6 nitrogen and oxygen atoms in total. The van der Waals surface area contributed by atoms with Crippen molar-refractivity contribution >= 4 is 11.9 Å². The minimum absolute atomic E-state index is 0.0314. The van der Waals surface area contributed by atoms with Gasteiger partial charge in [0.25, 0.3) is 0 Å². The lowest BCUT2D eigenvalue weighted by molar-refractivity contribution is -0.140. The minimum atomic E-state index is -0.924. The third-order valence-electron chi connectivity index (χ3n) is 3.14. The number of aliphatic carboxylic acids is 1. The third-order valence-corrected chi connectivity index (χ3v) is 3.14. The van der Waals surface area contributed by atoms with E-state index in [1.807, 2.05) is 0 Å². The Balaban J connectivity index is 2.20. The molecule has 0 aliphatic carbocycles. The van der Waals surface area contributed by atoms with E-state index in [4.69, 9.17) is 9.84 Å². The fourth-order valence-corrected chi connectivity index (χ4v) is 2.09. The van der Waals surface area contributed by atoms with Crippen molar-refractivity contribution in [1.82, 2.24) is 10.6 Å². The quantitative estimate of drug-likeness (QED) is 0.597. The van der Waals surface area contributed by atoms with Crippen LogP contribution in [0.15, 0.2) is 0 Å². The van der Waals surface area contributed by atoms with Gasteiger partial charge < -0.3 is 20.5 Å². The molecule has 0 bridgehead atoms. The van der Waals surface area contributed by atoms with E-state index in [0.717, 1.165) is 25.9 Å². The van der Waals surface area contributed by atoms with Gasteiger partial charge in [-0.25, -0.2) is 0 Å². The van der Waals surface area contributed by atoms with Crippen molar-refractivity contribution in [3.05, 3.63) is 0 Å². The van der Waals surface area contributed by atoms with E-state index < -0.39 is 12.1 Å². The van der Waals surface area contributed by atoms with Gasteiger partial charge in [0, 0.05) is 20.1 Å². The van der Waals surface area contributed by atoms with E-state index in [2.05, 4.69) is 10.6 Å². The number of hydrogen-bond donors (Lipinski definition) is 3. The van der Waals surface area contributed by atoms with Crippen LogP contribution in [0.4, 0.5) is 0 Å². The summed E-state index contributed by atoms with van der Waals surface area (Å²) in [4.78, 5) is 22.2. The highest BCUT2D eigenvalue weighted by Crippen LogP contribution is 2.13. The van der Waals surface area contributed by atoms with Crippen LogP contribution in [0.2, 0.25) is 0 Å². The summed E-state index contributed by atoms with van der Waals surface area (Å²) in [5.41, 5.74) is 0. The second-order valence-electron chi connectivity index (χ2n) is 4.68. The Bertz CT molecular complexity index is 277. The van der Waals surface area contributed by atoms with E-state index >= 15 is 0 Å². The molecule has 1 fully saturated rings. The maximum Gasteiger partial charge on any atom is 0.306 e. The highest BCUT2D eigenvalue weighted by Gasteiger charge is 2.18. The summed E-state index contributed by atoms with van der Waals surface area (Å²) in [5.74, 6) is -0.567. The maximum atomic E-state index is 11.7. The number of carbonyl (C=O) groups excluding carboxylic acids is 1. The zero-order chi connectivity index (χ0) is 13.4. The summed E-state index contributed by atoms with van der Waals surface area (Å²) in [5, 5.41) is 14.6. The first-order valence-electron chi connectivity index (χ1n) is 6.33. The molecule has 2 atom stereocenters. The van der Waals surface area contributed by atoms with Crippen LogP contribution in [0.25, 0.3) is 0 Å². The SMILES string of the molecule is COC(CNC(=O)CC1CCCNC1)CC(=O)O. The van der Waals surface area contributed by atoms with Crippen molar-refractivity contribution in [1.29, 1.82) is 0 Å². The summed E-state index contributed by atoms with van der Waals surface area (Å²) in [6.07, 6.45) is 2.12. The second-order valence-corrected chi connectivity index (χ2v) is 4.68. The zero-order valence-electron chi connectivity index (χ0n) is 10.8. The van der Waals surface area contributed by atoms with Crippen LogP contribution in [0.1, 0.15) is 25.7 Å². The number of rotatable bonds is 7. The number of carboxylic acid groups (broad SMARTS) is 1. The number of ether oxygens (including phenoxy) is 1. The Kier molecular flexibility index (Phi) is 6.67. The molecular formula is C12H22N2O4. The highest BCUT2D eigenvalue weighted by atomic mass is 16.5. The van der Waals surface area contributed by atoms with Crippen LogP contribution >= 0.6 is 0 Å². The molecule has 3 N–H and O–H groups in total. The van der Waals surface area contributed by atoms with Gasteiger partial charge in [0.05, 0.1) is 12.5 Å². The molecule has 0 spiro atoms. The Labute approximate surface area is 107 Å². The predicted octanol–water partition coefficient (Wildman–Crippen LogP) is -0.0180. The molecule has 0 radical (unpaired) electrons. The average Bonchev–Trinajstić information content (AvgIpc) is 2.35. The molecule has 0 aromatic heterocycles. The van der Waals surface area contributed by atoms with Crippen LogP contribution in [0.3, 0.4) is 0 Å². The highest BCUT2D eigenvalue weighted by molar-refractivity contribution is 5.76. The smallest absolute Gasteiger partial charge is 0.306 e. The summed E-state index contributed by atoms with van der Waals surface area (Å²) in [6, 6.07) is 0. The largest absolute Gasteiger partial charge is 0.481 e. The van der Waals surface area contributed by atoms with E-state index in [1.54, 1.807) is 0 Å². The minimum Gasteiger partial charge on any atom is -0.481 e. The normalized spacial score (nSPS) is 21.3. The second kappa shape index (κ2) is 8.05. The number of carboxylic acids is 1. The molecule has 1 saturated heterocycles. The van der Waals surface area contributed by atoms with Crippen LogP contribution in [0, 0.1) is 5.92 Å². The van der Waals surface area contributed by atoms with Crippen molar-refractivity contribution in [2.75, 3.05) is 26.7 Å². The van der Waals surface area contributed by atoms with E-state index in [0.29, 0.717) is 12.3 Å². The molecule has 1 aliphatic heterocycles. The summed E-state index contributed by atoms with van der Waals surface area (Å²) in [6.45, 7) is 2.17. The summed E-state index contributed by atoms with van der Waals surface area (Å²) < 4.78 is 4.99. The Morgan fingerprint density at radius 3 is 2.89 bits per heavy atom. The van der Waals surface area contributed by atoms with Gasteiger partial charge in [-0.3, -0.25) is 9.59 Å². The Morgan fingerprint density at radius 1 is 1.56 bits per heavy atom. The fraction of sp³-hybridized carbons (Fsp3) is 0.833. The van der Waals surface area contributed by atoms with Gasteiger partial charge in [-0.1, -0.05) is 0 Å². The fourth-order valence-electron chi connectivity index (χ4n) is 2.09. The third kappa shape index (κ3) is 5.97. The molecular weight excluding hydrogens is 236 g/mol. The van der Waals surface area contributed by atoms with Gasteiger partial charge in [-0.05, 0) is 31.8 Å². The number of carbonyl (C=O) groups is 2. The lowest BCUT2D eigenvalue weighted by Gasteiger charge is -2.22. The molecule has 18 heavy (non-hydrogen) atoms. The molecule has 1 heterocycles. The van der Waals surface area contributed by atoms with Gasteiger partial charge >= 0.3 is 5.97 Å². The Hall–Kier alpha value is -1.14. The molecule has 0 aromatic rings. The van der Waals surface area contributed by atoms with Gasteiger partial charge in [0.15, 0.2) is 0 Å². The molecule has 1 aliphatic rings. The van der Waals surface area contributed by atoms with Gasteiger partial charge in [-0.15, -0.1) is 0 Å².